The van der Waals surface area contributed by atoms with E-state index >= 15 is 0 Å². The molecular formula is C13H20FN. The second kappa shape index (κ2) is 5.86. The average molecular weight is 209 g/mol. The third-order valence-corrected chi connectivity index (χ3v) is 2.89. The summed E-state index contributed by atoms with van der Waals surface area (Å²) in [6.45, 7) is 5.01. The number of rotatable bonds is 5. The van der Waals surface area contributed by atoms with Crippen LogP contribution in [0.25, 0.3) is 0 Å². The number of nitrogens with one attached hydrogen (secondary N) is 1. The Morgan fingerprint density at radius 2 is 2.13 bits per heavy atom. The minimum Gasteiger partial charge on any atom is -0.320 e. The van der Waals surface area contributed by atoms with Gasteiger partial charge in [-0.15, -0.1) is 0 Å². The van der Waals surface area contributed by atoms with Gasteiger partial charge in [0, 0.05) is 0 Å². The highest BCUT2D eigenvalue weighted by molar-refractivity contribution is 5.26. The van der Waals surface area contributed by atoms with Crippen molar-refractivity contribution in [3.63, 3.8) is 0 Å². The summed E-state index contributed by atoms with van der Waals surface area (Å²) in [6.07, 6.45) is 2.21. The van der Waals surface area contributed by atoms with E-state index in [0.717, 1.165) is 24.9 Å². The Labute approximate surface area is 91.7 Å². The summed E-state index contributed by atoms with van der Waals surface area (Å²) in [4.78, 5) is 0. The van der Waals surface area contributed by atoms with Crippen LogP contribution in [0.15, 0.2) is 18.2 Å². The Kier molecular flexibility index (Phi) is 4.76. The van der Waals surface area contributed by atoms with Gasteiger partial charge in [-0.25, -0.2) is 4.39 Å². The molecule has 1 aromatic rings. The summed E-state index contributed by atoms with van der Waals surface area (Å²) in [5, 5.41) is 3.15. The molecule has 0 aliphatic heterocycles. The van der Waals surface area contributed by atoms with Crippen LogP contribution in [0.3, 0.4) is 0 Å². The average Bonchev–Trinajstić information content (AvgIpc) is 2.24. The quantitative estimate of drug-likeness (QED) is 0.785. The van der Waals surface area contributed by atoms with E-state index in [2.05, 4.69) is 12.2 Å². The zero-order chi connectivity index (χ0) is 11.3. The van der Waals surface area contributed by atoms with Gasteiger partial charge in [-0.3, -0.25) is 0 Å². The minimum absolute atomic E-state index is 0.109. The topological polar surface area (TPSA) is 12.0 Å². The zero-order valence-corrected chi connectivity index (χ0v) is 9.81. The van der Waals surface area contributed by atoms with Gasteiger partial charge in [-0.2, -0.15) is 0 Å². The summed E-state index contributed by atoms with van der Waals surface area (Å²) in [5.74, 6) is 0.430. The van der Waals surface area contributed by atoms with Crippen LogP contribution in [0.4, 0.5) is 4.39 Å². The van der Waals surface area contributed by atoms with Crippen LogP contribution in [0, 0.1) is 12.7 Å². The predicted molar refractivity (Wildman–Crippen MR) is 62.7 cm³/mol. The van der Waals surface area contributed by atoms with Gasteiger partial charge < -0.3 is 5.32 Å². The lowest BCUT2D eigenvalue weighted by Gasteiger charge is -2.15. The van der Waals surface area contributed by atoms with Gasteiger partial charge in [-0.05, 0) is 56.5 Å². The molecule has 0 saturated carbocycles. The normalized spacial score (nSPS) is 12.8. The Hall–Kier alpha value is -0.890. The Balaban J connectivity index is 2.78. The number of aryl methyl sites for hydroxylation is 1. The minimum atomic E-state index is -0.109. The van der Waals surface area contributed by atoms with E-state index in [-0.39, 0.29) is 5.82 Å². The molecule has 0 saturated heterocycles. The van der Waals surface area contributed by atoms with Gasteiger partial charge >= 0.3 is 0 Å². The second-order valence-corrected chi connectivity index (χ2v) is 4.01. The van der Waals surface area contributed by atoms with Crippen molar-refractivity contribution in [1.29, 1.82) is 0 Å². The van der Waals surface area contributed by atoms with E-state index in [1.165, 1.54) is 5.56 Å². The van der Waals surface area contributed by atoms with Crippen molar-refractivity contribution in [2.24, 2.45) is 0 Å². The molecule has 0 spiro atoms. The summed E-state index contributed by atoms with van der Waals surface area (Å²) in [7, 11) is 1.96. The van der Waals surface area contributed by atoms with Gasteiger partial charge in [0.2, 0.25) is 0 Å². The molecule has 0 radical (unpaired) electrons. The van der Waals surface area contributed by atoms with Crippen molar-refractivity contribution < 1.29 is 4.39 Å². The smallest absolute Gasteiger partial charge is 0.126 e. The molecule has 0 heterocycles. The Bertz CT molecular complexity index is 309. The molecule has 1 atom stereocenters. The SMILES string of the molecule is CCC(CCNC)c1ccc(F)c(C)c1. The molecule has 84 valence electrons. The first kappa shape index (κ1) is 12.2. The largest absolute Gasteiger partial charge is 0.320 e. The van der Waals surface area contributed by atoms with Crippen molar-refractivity contribution >= 4 is 0 Å². The maximum atomic E-state index is 13.1. The molecule has 1 rings (SSSR count). The summed E-state index contributed by atoms with van der Waals surface area (Å²) < 4.78 is 13.1. The van der Waals surface area contributed by atoms with Crippen molar-refractivity contribution in [2.75, 3.05) is 13.6 Å². The fourth-order valence-electron chi connectivity index (χ4n) is 1.85. The summed E-state index contributed by atoms with van der Waals surface area (Å²) in [5.41, 5.74) is 2.00. The standard InChI is InChI=1S/C13H20FN/c1-4-11(7-8-15-3)12-5-6-13(14)10(2)9-12/h5-6,9,11,15H,4,7-8H2,1-3H3. The third kappa shape index (κ3) is 3.31. The highest BCUT2D eigenvalue weighted by atomic mass is 19.1. The molecule has 0 amide bonds. The van der Waals surface area contributed by atoms with Gasteiger partial charge in [0.05, 0.1) is 0 Å². The number of hydrogen-bond donors (Lipinski definition) is 1. The molecule has 2 heteroatoms. The fraction of sp³-hybridized carbons (Fsp3) is 0.538. The Morgan fingerprint density at radius 3 is 2.67 bits per heavy atom. The van der Waals surface area contributed by atoms with E-state index in [9.17, 15) is 4.39 Å². The zero-order valence-electron chi connectivity index (χ0n) is 9.81. The number of benzene rings is 1. The molecule has 1 N–H and O–H groups in total. The predicted octanol–water partition coefficient (Wildman–Crippen LogP) is 3.24. The Morgan fingerprint density at radius 1 is 1.40 bits per heavy atom. The van der Waals surface area contributed by atoms with Gasteiger partial charge in [0.1, 0.15) is 5.82 Å². The van der Waals surface area contributed by atoms with E-state index in [1.807, 2.05) is 26.1 Å². The second-order valence-electron chi connectivity index (χ2n) is 4.01. The molecule has 1 aromatic carbocycles. The summed E-state index contributed by atoms with van der Waals surface area (Å²) >= 11 is 0. The maximum absolute atomic E-state index is 13.1. The van der Waals surface area contributed by atoms with Crippen molar-refractivity contribution in [3.05, 3.63) is 35.1 Å². The molecule has 0 bridgehead atoms. The highest BCUT2D eigenvalue weighted by Crippen LogP contribution is 2.24. The summed E-state index contributed by atoms with van der Waals surface area (Å²) in [6, 6.07) is 5.46. The molecule has 0 aliphatic rings. The van der Waals surface area contributed by atoms with Crippen LogP contribution in [0.2, 0.25) is 0 Å². The first-order valence-corrected chi connectivity index (χ1v) is 5.59. The van der Waals surface area contributed by atoms with E-state index in [4.69, 9.17) is 0 Å². The van der Waals surface area contributed by atoms with Crippen molar-refractivity contribution in [3.8, 4) is 0 Å². The molecule has 0 fully saturated rings. The molecule has 1 nitrogen and oxygen atoms in total. The maximum Gasteiger partial charge on any atom is 0.126 e. The lowest BCUT2D eigenvalue weighted by atomic mass is 9.92. The van der Waals surface area contributed by atoms with Crippen LogP contribution in [0.1, 0.15) is 36.8 Å². The van der Waals surface area contributed by atoms with Gasteiger partial charge in [0.15, 0.2) is 0 Å². The van der Waals surface area contributed by atoms with Gasteiger partial charge in [0.25, 0.3) is 0 Å². The van der Waals surface area contributed by atoms with Crippen LogP contribution >= 0.6 is 0 Å². The van der Waals surface area contributed by atoms with E-state index < -0.39 is 0 Å². The van der Waals surface area contributed by atoms with Crippen molar-refractivity contribution in [1.82, 2.24) is 5.32 Å². The monoisotopic (exact) mass is 209 g/mol. The van der Waals surface area contributed by atoms with E-state index in [0.29, 0.717) is 5.92 Å². The molecule has 1 unspecified atom stereocenters. The third-order valence-electron chi connectivity index (χ3n) is 2.89. The molecule has 0 aliphatic carbocycles. The highest BCUT2D eigenvalue weighted by Gasteiger charge is 2.09. The fourth-order valence-corrected chi connectivity index (χ4v) is 1.85. The lowest BCUT2D eigenvalue weighted by Crippen LogP contribution is -2.12. The van der Waals surface area contributed by atoms with Crippen LogP contribution < -0.4 is 5.32 Å². The van der Waals surface area contributed by atoms with Crippen LogP contribution in [-0.4, -0.2) is 13.6 Å². The molecule has 0 aromatic heterocycles. The van der Waals surface area contributed by atoms with Gasteiger partial charge in [-0.1, -0.05) is 19.1 Å². The first-order valence-electron chi connectivity index (χ1n) is 5.59. The van der Waals surface area contributed by atoms with Crippen LogP contribution in [0.5, 0.6) is 0 Å². The molecule has 15 heavy (non-hydrogen) atoms. The first-order chi connectivity index (χ1) is 7.19. The van der Waals surface area contributed by atoms with Crippen molar-refractivity contribution in [2.45, 2.75) is 32.6 Å². The number of hydrogen-bond acceptors (Lipinski definition) is 1. The lowest BCUT2D eigenvalue weighted by molar-refractivity contribution is 0.575. The van der Waals surface area contributed by atoms with Crippen LogP contribution in [-0.2, 0) is 0 Å². The molecular weight excluding hydrogens is 189 g/mol. The number of halogens is 1. The van der Waals surface area contributed by atoms with E-state index in [1.54, 1.807) is 6.07 Å².